The van der Waals surface area contributed by atoms with E-state index in [-0.39, 0.29) is 11.5 Å². The third-order valence-corrected chi connectivity index (χ3v) is 4.37. The number of benzene rings is 2. The minimum Gasteiger partial charge on any atom is -0.453 e. The molecule has 0 N–H and O–H groups in total. The number of hydrogen-bond donors (Lipinski definition) is 0. The molecule has 0 saturated carbocycles. The molecule has 0 fully saturated rings. The molecule has 8 heteroatoms. The highest BCUT2D eigenvalue weighted by Crippen LogP contribution is 2.17. The molecule has 0 saturated heterocycles. The second kappa shape index (κ2) is 8.50. The van der Waals surface area contributed by atoms with E-state index in [1.165, 1.54) is 4.68 Å². The van der Waals surface area contributed by atoms with Crippen LogP contribution in [0.3, 0.4) is 0 Å². The van der Waals surface area contributed by atoms with Gasteiger partial charge in [0, 0.05) is 10.0 Å². The Kier molecular flexibility index (Phi) is 5.87. The van der Waals surface area contributed by atoms with Crippen molar-refractivity contribution < 1.29 is 14.3 Å². The fourth-order valence-corrected chi connectivity index (χ4v) is 2.84. The quantitative estimate of drug-likeness (QED) is 0.341. The van der Waals surface area contributed by atoms with Crippen molar-refractivity contribution in [1.82, 2.24) is 20.2 Å². The van der Waals surface area contributed by atoms with Gasteiger partial charge in [0.15, 0.2) is 18.1 Å². The molecule has 3 rings (SSSR count). The number of aromatic nitrogens is 4. The summed E-state index contributed by atoms with van der Waals surface area (Å²) in [7, 11) is 0. The maximum absolute atomic E-state index is 12.6. The summed E-state index contributed by atoms with van der Waals surface area (Å²) in [5.41, 5.74) is 1.33. The number of hydrogen-bond acceptors (Lipinski definition) is 6. The van der Waals surface area contributed by atoms with Crippen LogP contribution in [-0.2, 0) is 9.53 Å². The van der Waals surface area contributed by atoms with Gasteiger partial charge in [0.05, 0.1) is 0 Å². The first-order valence-corrected chi connectivity index (χ1v) is 8.82. The molecule has 0 aliphatic rings. The van der Waals surface area contributed by atoms with Crippen LogP contribution in [0.25, 0.3) is 11.8 Å². The van der Waals surface area contributed by atoms with Crippen LogP contribution < -0.4 is 0 Å². The number of aryl methyl sites for hydroxylation is 1. The molecule has 7 nitrogen and oxygen atoms in total. The van der Waals surface area contributed by atoms with Gasteiger partial charge in [-0.25, -0.2) is 4.79 Å². The van der Waals surface area contributed by atoms with E-state index >= 15 is 0 Å². The number of ketones is 1. The Bertz CT molecular complexity index is 999. The van der Waals surface area contributed by atoms with Crippen molar-refractivity contribution in [2.24, 2.45) is 0 Å². The maximum atomic E-state index is 12.6. The highest BCUT2D eigenvalue weighted by Gasteiger charge is 2.20. The molecule has 1 heterocycles. The minimum absolute atomic E-state index is 0.114. The number of carbonyl (C=O) groups is 2. The third kappa shape index (κ3) is 4.53. The molecule has 0 aliphatic heterocycles. The summed E-state index contributed by atoms with van der Waals surface area (Å²) >= 11 is 3.31. The molecule has 27 heavy (non-hydrogen) atoms. The van der Waals surface area contributed by atoms with E-state index in [0.29, 0.717) is 15.9 Å². The summed E-state index contributed by atoms with van der Waals surface area (Å²) in [6.45, 7) is 1.27. The summed E-state index contributed by atoms with van der Waals surface area (Å²) in [6.07, 6.45) is 1.61. The van der Waals surface area contributed by atoms with Gasteiger partial charge in [-0.2, -0.15) is 4.68 Å². The Morgan fingerprint density at radius 1 is 1.11 bits per heavy atom. The molecule has 0 spiro atoms. The summed E-state index contributed by atoms with van der Waals surface area (Å²) in [5.74, 6) is -0.593. The average molecular weight is 427 g/mol. The van der Waals surface area contributed by atoms with E-state index in [1.807, 2.05) is 30.3 Å². The van der Waals surface area contributed by atoms with Crippen LogP contribution in [0.4, 0.5) is 0 Å². The van der Waals surface area contributed by atoms with Crippen molar-refractivity contribution >= 4 is 39.5 Å². The van der Waals surface area contributed by atoms with Crippen LogP contribution in [0.5, 0.6) is 0 Å². The first kappa shape index (κ1) is 18.7. The number of nitrogens with zero attached hydrogens (tertiary/aromatic N) is 4. The Balaban J connectivity index is 1.82. The molecule has 0 radical (unpaired) electrons. The van der Waals surface area contributed by atoms with Crippen LogP contribution in [-0.4, -0.2) is 38.6 Å². The SMILES string of the molecule is Cc1nnnn1/C(=C\c1ccccc1)C(=O)OCC(=O)c1ccccc1Br. The lowest BCUT2D eigenvalue weighted by atomic mass is 10.1. The van der Waals surface area contributed by atoms with E-state index < -0.39 is 12.6 Å². The lowest BCUT2D eigenvalue weighted by Crippen LogP contribution is -2.19. The molecule has 0 unspecified atom stereocenters. The van der Waals surface area contributed by atoms with Crippen LogP contribution in [0.1, 0.15) is 21.7 Å². The third-order valence-electron chi connectivity index (χ3n) is 3.67. The van der Waals surface area contributed by atoms with Crippen LogP contribution in [0.2, 0.25) is 0 Å². The molecule has 0 atom stereocenters. The predicted molar refractivity (Wildman–Crippen MR) is 103 cm³/mol. The van der Waals surface area contributed by atoms with Crippen molar-refractivity contribution in [1.29, 1.82) is 0 Å². The smallest absolute Gasteiger partial charge is 0.357 e. The summed E-state index contributed by atoms with van der Waals surface area (Å²) in [5, 5.41) is 11.2. The molecule has 2 aromatic carbocycles. The van der Waals surface area contributed by atoms with Crippen LogP contribution in [0.15, 0.2) is 59.1 Å². The summed E-state index contributed by atoms with van der Waals surface area (Å²) < 4.78 is 7.15. The lowest BCUT2D eigenvalue weighted by Gasteiger charge is -2.09. The number of ether oxygens (including phenoxy) is 1. The topological polar surface area (TPSA) is 87.0 Å². The number of Topliss-reactive ketones (excluding diaryl/α,β-unsaturated/α-hetero) is 1. The standard InChI is InChI=1S/C19H15BrN4O3/c1-13-21-22-23-24(13)17(11-14-7-3-2-4-8-14)19(26)27-12-18(25)15-9-5-6-10-16(15)20/h2-11H,12H2,1H3/b17-11-. The van der Waals surface area contributed by atoms with E-state index in [4.69, 9.17) is 4.74 Å². The maximum Gasteiger partial charge on any atom is 0.357 e. The van der Waals surface area contributed by atoms with Crippen molar-refractivity contribution in [3.05, 3.63) is 76.0 Å². The predicted octanol–water partition coefficient (Wildman–Crippen LogP) is 3.17. The van der Waals surface area contributed by atoms with Gasteiger partial charge in [0.2, 0.25) is 5.78 Å². The van der Waals surface area contributed by atoms with Crippen LogP contribution >= 0.6 is 15.9 Å². The van der Waals surface area contributed by atoms with Crippen LogP contribution in [0, 0.1) is 6.92 Å². The first-order chi connectivity index (χ1) is 13.1. The minimum atomic E-state index is -0.699. The van der Waals surface area contributed by atoms with Gasteiger partial charge in [0.25, 0.3) is 0 Å². The van der Waals surface area contributed by atoms with Gasteiger partial charge in [-0.1, -0.05) is 64.5 Å². The van der Waals surface area contributed by atoms with Gasteiger partial charge in [-0.15, -0.1) is 5.10 Å². The van der Waals surface area contributed by atoms with Crippen molar-refractivity contribution in [2.75, 3.05) is 6.61 Å². The normalized spacial score (nSPS) is 11.3. The Labute approximate surface area is 163 Å². The number of rotatable bonds is 6. The van der Waals surface area contributed by atoms with Gasteiger partial charge in [0.1, 0.15) is 0 Å². The van der Waals surface area contributed by atoms with Gasteiger partial charge in [-0.05, 0) is 35.1 Å². The van der Waals surface area contributed by atoms with E-state index in [2.05, 4.69) is 31.5 Å². The van der Waals surface area contributed by atoms with Gasteiger partial charge >= 0.3 is 5.97 Å². The van der Waals surface area contributed by atoms with E-state index in [9.17, 15) is 9.59 Å². The molecule has 0 aliphatic carbocycles. The second-order valence-corrected chi connectivity index (χ2v) is 6.41. The zero-order chi connectivity index (χ0) is 19.2. The fourth-order valence-electron chi connectivity index (χ4n) is 2.34. The molecule has 1 aromatic heterocycles. The van der Waals surface area contributed by atoms with Crippen molar-refractivity contribution in [3.8, 4) is 0 Å². The second-order valence-electron chi connectivity index (χ2n) is 5.56. The van der Waals surface area contributed by atoms with E-state index in [0.717, 1.165) is 5.56 Å². The van der Waals surface area contributed by atoms with Crippen molar-refractivity contribution in [2.45, 2.75) is 6.92 Å². The number of halogens is 1. The molecule has 3 aromatic rings. The molecule has 0 bridgehead atoms. The van der Waals surface area contributed by atoms with Crippen molar-refractivity contribution in [3.63, 3.8) is 0 Å². The van der Waals surface area contributed by atoms with Gasteiger partial charge in [-0.3, -0.25) is 4.79 Å². The first-order valence-electron chi connectivity index (χ1n) is 8.03. The fraction of sp³-hybridized carbons (Fsp3) is 0.105. The Morgan fingerprint density at radius 2 is 1.81 bits per heavy atom. The summed E-state index contributed by atoms with van der Waals surface area (Å²) in [4.78, 5) is 25.0. The monoisotopic (exact) mass is 426 g/mol. The Hall–Kier alpha value is -3.13. The lowest BCUT2D eigenvalue weighted by molar-refractivity contribution is -0.136. The molecular formula is C19H15BrN4O3. The molecular weight excluding hydrogens is 412 g/mol. The number of tetrazole rings is 1. The number of carbonyl (C=O) groups excluding carboxylic acids is 2. The largest absolute Gasteiger partial charge is 0.453 e. The number of esters is 1. The van der Waals surface area contributed by atoms with E-state index in [1.54, 1.807) is 37.3 Å². The average Bonchev–Trinajstić information content (AvgIpc) is 3.10. The zero-order valence-electron chi connectivity index (χ0n) is 14.4. The summed E-state index contributed by atoms with van der Waals surface area (Å²) in [6, 6.07) is 16.2. The Morgan fingerprint density at radius 3 is 2.48 bits per heavy atom. The zero-order valence-corrected chi connectivity index (χ0v) is 16.0. The highest BCUT2D eigenvalue weighted by molar-refractivity contribution is 9.10. The molecule has 136 valence electrons. The molecule has 0 amide bonds. The highest BCUT2D eigenvalue weighted by atomic mass is 79.9. The van der Waals surface area contributed by atoms with Gasteiger partial charge < -0.3 is 4.74 Å².